The van der Waals surface area contributed by atoms with Gasteiger partial charge in [0.15, 0.2) is 5.78 Å². The maximum Gasteiger partial charge on any atom is 0.238 e. The van der Waals surface area contributed by atoms with E-state index in [0.29, 0.717) is 11.3 Å². The van der Waals surface area contributed by atoms with Gasteiger partial charge in [0.2, 0.25) is 11.8 Å². The number of Topliss-reactive ketones (excluding diaryl/α,β-unsaturated/α-hetero) is 1. The van der Waals surface area contributed by atoms with Crippen molar-refractivity contribution in [2.45, 2.75) is 58.5 Å². The summed E-state index contributed by atoms with van der Waals surface area (Å²) >= 11 is 0. The quantitative estimate of drug-likeness (QED) is 0.792. The number of carbonyl (C=O) groups excluding carboxylic acids is 3. The number of nitrogens with zero attached hydrogens (tertiary/aromatic N) is 1. The van der Waals surface area contributed by atoms with Gasteiger partial charge in [0.05, 0.1) is 12.6 Å². The van der Waals surface area contributed by atoms with Crippen molar-refractivity contribution in [2.75, 3.05) is 18.4 Å². The molecule has 1 atom stereocenters. The summed E-state index contributed by atoms with van der Waals surface area (Å²) in [5.74, 6) is -0.249. The van der Waals surface area contributed by atoms with E-state index < -0.39 is 0 Å². The summed E-state index contributed by atoms with van der Waals surface area (Å²) in [5, 5.41) is 5.84. The number of rotatable bonds is 5. The van der Waals surface area contributed by atoms with Crippen LogP contribution in [-0.4, -0.2) is 47.2 Å². The lowest BCUT2D eigenvalue weighted by atomic mass is 9.99. The molecule has 2 N–H and O–H groups in total. The van der Waals surface area contributed by atoms with Crippen LogP contribution in [0, 0.1) is 0 Å². The fourth-order valence-electron chi connectivity index (χ4n) is 3.13. The minimum atomic E-state index is -0.296. The van der Waals surface area contributed by atoms with Crippen LogP contribution in [0.15, 0.2) is 24.3 Å². The van der Waals surface area contributed by atoms with Crippen LogP contribution >= 0.6 is 0 Å². The molecular formula is C20H29N3O3. The predicted molar refractivity (Wildman–Crippen MR) is 102 cm³/mol. The van der Waals surface area contributed by atoms with E-state index in [9.17, 15) is 14.4 Å². The van der Waals surface area contributed by atoms with Gasteiger partial charge in [0, 0.05) is 16.8 Å². The van der Waals surface area contributed by atoms with Gasteiger partial charge in [0.25, 0.3) is 0 Å². The second-order valence-corrected chi connectivity index (χ2v) is 7.91. The second-order valence-electron chi connectivity index (χ2n) is 7.91. The van der Waals surface area contributed by atoms with Gasteiger partial charge < -0.3 is 10.6 Å². The van der Waals surface area contributed by atoms with Crippen molar-refractivity contribution >= 4 is 23.3 Å². The van der Waals surface area contributed by atoms with Gasteiger partial charge in [-0.1, -0.05) is 18.6 Å². The van der Waals surface area contributed by atoms with Crippen molar-refractivity contribution in [1.29, 1.82) is 0 Å². The Morgan fingerprint density at radius 2 is 1.92 bits per heavy atom. The van der Waals surface area contributed by atoms with Gasteiger partial charge in [-0.25, -0.2) is 0 Å². The maximum atomic E-state index is 12.6. The SMILES string of the molecule is CC(=O)c1cccc(NC(=O)CN2CCCCC2C(=O)NC(C)(C)C)c1. The highest BCUT2D eigenvalue weighted by Gasteiger charge is 2.31. The lowest BCUT2D eigenvalue weighted by Crippen LogP contribution is -2.55. The Hall–Kier alpha value is -2.21. The predicted octanol–water partition coefficient (Wildman–Crippen LogP) is 2.60. The first kappa shape index (κ1) is 20.1. The molecule has 1 fully saturated rings. The molecular weight excluding hydrogens is 330 g/mol. The zero-order valence-electron chi connectivity index (χ0n) is 16.1. The van der Waals surface area contributed by atoms with E-state index in [4.69, 9.17) is 0 Å². The van der Waals surface area contributed by atoms with Crippen LogP contribution in [0.1, 0.15) is 57.3 Å². The Kier molecular flexibility index (Phi) is 6.53. The molecule has 0 radical (unpaired) electrons. The third kappa shape index (κ3) is 5.95. The smallest absolute Gasteiger partial charge is 0.238 e. The fraction of sp³-hybridized carbons (Fsp3) is 0.550. The summed E-state index contributed by atoms with van der Waals surface area (Å²) in [6.07, 6.45) is 2.72. The molecule has 0 bridgehead atoms. The van der Waals surface area contributed by atoms with E-state index in [1.54, 1.807) is 24.3 Å². The molecule has 6 heteroatoms. The number of benzene rings is 1. The summed E-state index contributed by atoms with van der Waals surface area (Å²) in [4.78, 5) is 38.4. The first-order valence-electron chi connectivity index (χ1n) is 9.12. The average molecular weight is 359 g/mol. The topological polar surface area (TPSA) is 78.5 Å². The van der Waals surface area contributed by atoms with Gasteiger partial charge in [-0.3, -0.25) is 19.3 Å². The van der Waals surface area contributed by atoms with Gasteiger partial charge in [-0.15, -0.1) is 0 Å². The molecule has 26 heavy (non-hydrogen) atoms. The van der Waals surface area contributed by atoms with Crippen LogP contribution in [0.2, 0.25) is 0 Å². The Balaban J connectivity index is 2.00. The Morgan fingerprint density at radius 1 is 1.19 bits per heavy atom. The van der Waals surface area contributed by atoms with Crippen LogP contribution in [0.25, 0.3) is 0 Å². The molecule has 6 nitrogen and oxygen atoms in total. The molecule has 1 aliphatic rings. The minimum absolute atomic E-state index is 0.0245. The van der Waals surface area contributed by atoms with Crippen LogP contribution in [0.5, 0.6) is 0 Å². The van der Waals surface area contributed by atoms with Crippen LogP contribution in [0.3, 0.4) is 0 Å². The first-order chi connectivity index (χ1) is 12.2. The minimum Gasteiger partial charge on any atom is -0.350 e. The third-order valence-electron chi connectivity index (χ3n) is 4.31. The summed E-state index contributed by atoms with van der Waals surface area (Å²) < 4.78 is 0. The van der Waals surface area contributed by atoms with Crippen LogP contribution in [0.4, 0.5) is 5.69 Å². The molecule has 1 aliphatic heterocycles. The highest BCUT2D eigenvalue weighted by Crippen LogP contribution is 2.18. The second kappa shape index (κ2) is 8.45. The van der Waals surface area contributed by atoms with Crippen molar-refractivity contribution in [3.63, 3.8) is 0 Å². The van der Waals surface area contributed by atoms with Crippen LogP contribution in [-0.2, 0) is 9.59 Å². The van der Waals surface area contributed by atoms with Gasteiger partial charge in [-0.2, -0.15) is 0 Å². The van der Waals surface area contributed by atoms with E-state index in [0.717, 1.165) is 25.8 Å². The highest BCUT2D eigenvalue weighted by atomic mass is 16.2. The number of amides is 2. The Morgan fingerprint density at radius 3 is 2.58 bits per heavy atom. The number of carbonyl (C=O) groups is 3. The monoisotopic (exact) mass is 359 g/mol. The molecule has 0 aliphatic carbocycles. The standard InChI is InChI=1S/C20H29N3O3/c1-14(24)15-8-7-9-16(12-15)21-18(25)13-23-11-6-5-10-17(23)19(26)22-20(2,3)4/h7-9,12,17H,5-6,10-11,13H2,1-4H3,(H,21,25)(H,22,26). The van der Waals surface area contributed by atoms with E-state index in [2.05, 4.69) is 10.6 Å². The van der Waals surface area contributed by atoms with Gasteiger partial charge in [0.1, 0.15) is 0 Å². The summed E-state index contributed by atoms with van der Waals surface area (Å²) in [6, 6.07) is 6.60. The molecule has 0 spiro atoms. The normalized spacial score (nSPS) is 18.2. The molecule has 0 saturated carbocycles. The van der Waals surface area contributed by atoms with Crippen molar-refractivity contribution in [3.05, 3.63) is 29.8 Å². The molecule has 0 aromatic heterocycles. The third-order valence-corrected chi connectivity index (χ3v) is 4.31. The molecule has 1 aromatic rings. The van der Waals surface area contributed by atoms with Crippen LogP contribution < -0.4 is 10.6 Å². The summed E-state index contributed by atoms with van der Waals surface area (Å²) in [7, 11) is 0. The lowest BCUT2D eigenvalue weighted by molar-refractivity contribution is -0.130. The van der Waals surface area contributed by atoms with E-state index in [1.165, 1.54) is 6.92 Å². The molecule has 1 aromatic carbocycles. The Labute approximate surface area is 155 Å². The van der Waals surface area contributed by atoms with E-state index in [1.807, 2.05) is 25.7 Å². The van der Waals surface area contributed by atoms with E-state index >= 15 is 0 Å². The lowest BCUT2D eigenvalue weighted by Gasteiger charge is -2.35. The number of hydrogen-bond acceptors (Lipinski definition) is 4. The van der Waals surface area contributed by atoms with Gasteiger partial charge >= 0.3 is 0 Å². The average Bonchev–Trinajstić information content (AvgIpc) is 2.53. The molecule has 1 heterocycles. The number of ketones is 1. The number of hydrogen-bond donors (Lipinski definition) is 2. The summed E-state index contributed by atoms with van der Waals surface area (Å²) in [5.41, 5.74) is 0.855. The maximum absolute atomic E-state index is 12.6. The molecule has 1 saturated heterocycles. The van der Waals surface area contributed by atoms with Crippen molar-refractivity contribution in [2.24, 2.45) is 0 Å². The first-order valence-corrected chi connectivity index (χ1v) is 9.12. The fourth-order valence-corrected chi connectivity index (χ4v) is 3.13. The number of anilines is 1. The summed E-state index contributed by atoms with van der Waals surface area (Å²) in [6.45, 7) is 8.23. The van der Waals surface area contributed by atoms with Gasteiger partial charge in [-0.05, 0) is 59.2 Å². The number of likely N-dealkylation sites (tertiary alicyclic amines) is 1. The largest absolute Gasteiger partial charge is 0.350 e. The van der Waals surface area contributed by atoms with Crippen molar-refractivity contribution in [3.8, 4) is 0 Å². The molecule has 1 unspecified atom stereocenters. The van der Waals surface area contributed by atoms with E-state index in [-0.39, 0.29) is 35.7 Å². The molecule has 2 amide bonds. The highest BCUT2D eigenvalue weighted by molar-refractivity contribution is 5.97. The Bertz CT molecular complexity index is 679. The van der Waals surface area contributed by atoms with Crippen molar-refractivity contribution in [1.82, 2.24) is 10.2 Å². The van der Waals surface area contributed by atoms with Crippen molar-refractivity contribution < 1.29 is 14.4 Å². The zero-order valence-corrected chi connectivity index (χ0v) is 16.1. The number of nitrogens with one attached hydrogen (secondary N) is 2. The molecule has 2 rings (SSSR count). The molecule has 142 valence electrons. The zero-order chi connectivity index (χ0) is 19.3. The number of piperidine rings is 1.